The Balaban J connectivity index is 2.29. The summed E-state index contributed by atoms with van der Waals surface area (Å²) in [6.07, 6.45) is 1.10. The number of aromatic amines is 1. The van der Waals surface area contributed by atoms with E-state index in [-0.39, 0.29) is 24.8 Å². The van der Waals surface area contributed by atoms with E-state index in [0.717, 1.165) is 5.56 Å². The number of rotatable bonds is 5. The number of aromatic nitrogens is 3. The van der Waals surface area contributed by atoms with E-state index < -0.39 is 5.97 Å². The SMILES string of the molecule is Cc1ccccc1C(=O)N(CCC(=O)O)c1ncn[nH]1. The quantitative estimate of drug-likeness (QED) is 0.854. The Morgan fingerprint density at radius 3 is 2.70 bits per heavy atom. The van der Waals surface area contributed by atoms with Crippen LogP contribution < -0.4 is 4.90 Å². The lowest BCUT2D eigenvalue weighted by Crippen LogP contribution is -2.34. The molecule has 2 N–H and O–H groups in total. The van der Waals surface area contributed by atoms with Gasteiger partial charge in [-0.05, 0) is 18.6 Å². The van der Waals surface area contributed by atoms with E-state index in [9.17, 15) is 9.59 Å². The summed E-state index contributed by atoms with van der Waals surface area (Å²) in [4.78, 5) is 28.4. The second-order valence-electron chi connectivity index (χ2n) is 4.22. The van der Waals surface area contributed by atoms with Crippen molar-refractivity contribution >= 4 is 17.8 Å². The van der Waals surface area contributed by atoms with Crippen molar-refractivity contribution in [3.8, 4) is 0 Å². The lowest BCUT2D eigenvalue weighted by Gasteiger charge is -2.19. The molecular weight excluding hydrogens is 260 g/mol. The van der Waals surface area contributed by atoms with Crippen LogP contribution in [0.2, 0.25) is 0 Å². The second kappa shape index (κ2) is 5.96. The Hall–Kier alpha value is -2.70. The molecule has 0 saturated heterocycles. The molecule has 0 aliphatic rings. The molecule has 0 fully saturated rings. The molecule has 0 radical (unpaired) electrons. The van der Waals surface area contributed by atoms with Crippen LogP contribution >= 0.6 is 0 Å². The van der Waals surface area contributed by atoms with E-state index >= 15 is 0 Å². The lowest BCUT2D eigenvalue weighted by atomic mass is 10.1. The van der Waals surface area contributed by atoms with Crippen molar-refractivity contribution in [2.45, 2.75) is 13.3 Å². The number of nitrogens with one attached hydrogen (secondary N) is 1. The molecule has 2 aromatic rings. The summed E-state index contributed by atoms with van der Waals surface area (Å²) >= 11 is 0. The van der Waals surface area contributed by atoms with Crippen LogP contribution in [0.4, 0.5) is 5.95 Å². The Kier molecular flexibility index (Phi) is 4.09. The van der Waals surface area contributed by atoms with E-state index in [1.807, 2.05) is 19.1 Å². The van der Waals surface area contributed by atoms with E-state index in [1.54, 1.807) is 12.1 Å². The van der Waals surface area contributed by atoms with Crippen LogP contribution in [-0.2, 0) is 4.79 Å². The predicted octanol–water partition coefficient (Wildman–Crippen LogP) is 1.23. The van der Waals surface area contributed by atoms with E-state index in [1.165, 1.54) is 11.2 Å². The van der Waals surface area contributed by atoms with Gasteiger partial charge in [0, 0.05) is 12.1 Å². The van der Waals surface area contributed by atoms with Gasteiger partial charge in [-0.3, -0.25) is 14.5 Å². The Morgan fingerprint density at radius 2 is 2.10 bits per heavy atom. The second-order valence-corrected chi connectivity index (χ2v) is 4.22. The summed E-state index contributed by atoms with van der Waals surface area (Å²) in [6, 6.07) is 7.11. The van der Waals surface area contributed by atoms with Crippen molar-refractivity contribution < 1.29 is 14.7 Å². The molecule has 0 spiro atoms. The summed E-state index contributed by atoms with van der Waals surface area (Å²) in [5.41, 5.74) is 1.33. The van der Waals surface area contributed by atoms with Crippen LogP contribution in [0.5, 0.6) is 0 Å². The molecule has 1 aromatic heterocycles. The zero-order chi connectivity index (χ0) is 14.5. The molecule has 1 aromatic carbocycles. The molecule has 2 rings (SSSR count). The first kappa shape index (κ1) is 13.7. The zero-order valence-corrected chi connectivity index (χ0v) is 10.9. The van der Waals surface area contributed by atoms with Crippen molar-refractivity contribution in [1.82, 2.24) is 15.2 Å². The first-order chi connectivity index (χ1) is 9.59. The number of hydrogen-bond acceptors (Lipinski definition) is 4. The average molecular weight is 274 g/mol. The van der Waals surface area contributed by atoms with Gasteiger partial charge in [0.05, 0.1) is 6.42 Å². The number of carbonyl (C=O) groups is 2. The predicted molar refractivity (Wildman–Crippen MR) is 71.5 cm³/mol. The van der Waals surface area contributed by atoms with Crippen molar-refractivity contribution in [1.29, 1.82) is 0 Å². The number of carbonyl (C=O) groups excluding carboxylic acids is 1. The molecular formula is C13H14N4O3. The molecule has 1 heterocycles. The third kappa shape index (κ3) is 3.00. The van der Waals surface area contributed by atoms with Crippen LogP contribution in [0.25, 0.3) is 0 Å². The van der Waals surface area contributed by atoms with E-state index in [2.05, 4.69) is 15.2 Å². The third-order valence-electron chi connectivity index (χ3n) is 2.83. The van der Waals surface area contributed by atoms with Gasteiger partial charge in [0.2, 0.25) is 5.95 Å². The van der Waals surface area contributed by atoms with Crippen molar-refractivity contribution in [3.05, 3.63) is 41.7 Å². The number of H-pyrrole nitrogens is 1. The fourth-order valence-corrected chi connectivity index (χ4v) is 1.80. The number of amides is 1. The van der Waals surface area contributed by atoms with Crippen LogP contribution in [-0.4, -0.2) is 38.7 Å². The van der Waals surface area contributed by atoms with E-state index in [4.69, 9.17) is 5.11 Å². The number of hydrogen-bond donors (Lipinski definition) is 2. The molecule has 0 atom stereocenters. The molecule has 0 bridgehead atoms. The summed E-state index contributed by atoms with van der Waals surface area (Å²) in [5, 5.41) is 15.1. The van der Waals surface area contributed by atoms with Gasteiger partial charge in [-0.1, -0.05) is 18.2 Å². The normalized spacial score (nSPS) is 10.2. The van der Waals surface area contributed by atoms with Crippen LogP contribution in [0.3, 0.4) is 0 Å². The van der Waals surface area contributed by atoms with Crippen LogP contribution in [0.15, 0.2) is 30.6 Å². The van der Waals surface area contributed by atoms with Crippen LogP contribution in [0, 0.1) is 6.92 Å². The van der Waals surface area contributed by atoms with Gasteiger partial charge in [0.15, 0.2) is 0 Å². The number of aryl methyl sites for hydroxylation is 1. The molecule has 1 amide bonds. The van der Waals surface area contributed by atoms with Gasteiger partial charge in [0.25, 0.3) is 5.91 Å². The number of benzene rings is 1. The van der Waals surface area contributed by atoms with Gasteiger partial charge in [-0.15, -0.1) is 0 Å². The molecule has 104 valence electrons. The number of carboxylic acid groups (broad SMARTS) is 1. The summed E-state index contributed by atoms with van der Waals surface area (Å²) in [5.74, 6) is -1.05. The fraction of sp³-hybridized carbons (Fsp3) is 0.231. The lowest BCUT2D eigenvalue weighted by molar-refractivity contribution is -0.136. The van der Waals surface area contributed by atoms with Gasteiger partial charge in [-0.2, -0.15) is 10.1 Å². The summed E-state index contributed by atoms with van der Waals surface area (Å²) in [6.45, 7) is 1.85. The molecule has 0 aliphatic carbocycles. The number of carboxylic acids is 1. The van der Waals surface area contributed by atoms with Crippen molar-refractivity contribution in [2.24, 2.45) is 0 Å². The first-order valence-electron chi connectivity index (χ1n) is 6.04. The maximum absolute atomic E-state index is 12.5. The van der Waals surface area contributed by atoms with Gasteiger partial charge in [0.1, 0.15) is 6.33 Å². The highest BCUT2D eigenvalue weighted by Crippen LogP contribution is 2.15. The molecule has 0 aliphatic heterocycles. The van der Waals surface area contributed by atoms with Crippen LogP contribution in [0.1, 0.15) is 22.3 Å². The minimum Gasteiger partial charge on any atom is -0.481 e. The highest BCUT2D eigenvalue weighted by Gasteiger charge is 2.21. The number of aliphatic carboxylic acids is 1. The molecule has 7 heteroatoms. The third-order valence-corrected chi connectivity index (χ3v) is 2.83. The monoisotopic (exact) mass is 274 g/mol. The number of anilines is 1. The Morgan fingerprint density at radius 1 is 1.35 bits per heavy atom. The largest absolute Gasteiger partial charge is 0.481 e. The highest BCUT2D eigenvalue weighted by atomic mass is 16.4. The van der Waals surface area contributed by atoms with Crippen molar-refractivity contribution in [3.63, 3.8) is 0 Å². The molecule has 20 heavy (non-hydrogen) atoms. The minimum atomic E-state index is -0.980. The standard InChI is InChI=1S/C13H14N4O3/c1-9-4-2-3-5-10(9)12(20)17(7-6-11(18)19)13-14-8-15-16-13/h2-5,8H,6-7H2,1H3,(H,18,19)(H,14,15,16). The summed E-state index contributed by atoms with van der Waals surface area (Å²) < 4.78 is 0. The first-order valence-corrected chi connectivity index (χ1v) is 6.04. The van der Waals surface area contributed by atoms with E-state index in [0.29, 0.717) is 5.56 Å². The maximum atomic E-state index is 12.5. The summed E-state index contributed by atoms with van der Waals surface area (Å²) in [7, 11) is 0. The maximum Gasteiger partial charge on any atom is 0.305 e. The average Bonchev–Trinajstić information content (AvgIpc) is 2.93. The number of nitrogens with zero attached hydrogens (tertiary/aromatic N) is 3. The van der Waals surface area contributed by atoms with Gasteiger partial charge >= 0.3 is 5.97 Å². The topological polar surface area (TPSA) is 99.2 Å². The zero-order valence-electron chi connectivity index (χ0n) is 10.9. The van der Waals surface area contributed by atoms with Gasteiger partial charge in [-0.25, -0.2) is 5.10 Å². The highest BCUT2D eigenvalue weighted by molar-refractivity contribution is 6.06. The van der Waals surface area contributed by atoms with Gasteiger partial charge < -0.3 is 5.11 Å². The Labute approximate surface area is 115 Å². The molecule has 0 saturated carbocycles. The van der Waals surface area contributed by atoms with Crippen molar-refractivity contribution in [2.75, 3.05) is 11.4 Å². The molecule has 0 unspecified atom stereocenters. The smallest absolute Gasteiger partial charge is 0.305 e. The fourth-order valence-electron chi connectivity index (χ4n) is 1.80. The molecule has 7 nitrogen and oxygen atoms in total. The Bertz CT molecular complexity index is 610. The minimum absolute atomic E-state index is 0.0255.